The smallest absolute Gasteiger partial charge is 0.421 e. The van der Waals surface area contributed by atoms with Gasteiger partial charge in [-0.1, -0.05) is 94.5 Å². The van der Waals surface area contributed by atoms with E-state index in [4.69, 9.17) is 21.1 Å². The molecule has 1 saturated heterocycles. The molecule has 10 nitrogen and oxygen atoms in total. The maximum atomic E-state index is 14.5. The van der Waals surface area contributed by atoms with Gasteiger partial charge in [0.2, 0.25) is 5.78 Å². The first-order valence-corrected chi connectivity index (χ1v) is 16.2. The monoisotopic (exact) mass is 653 g/mol. The Balaban J connectivity index is 1.87. The number of unbranched alkanes of at least 4 members (excludes halogenated alkanes) is 9. The van der Waals surface area contributed by atoms with Gasteiger partial charge in [-0.15, -0.1) is 0 Å². The Hall–Kier alpha value is -4.18. The van der Waals surface area contributed by atoms with Gasteiger partial charge < -0.3 is 14.8 Å². The molecule has 3 rings (SSSR count). The highest BCUT2D eigenvalue weighted by Crippen LogP contribution is 2.35. The summed E-state index contributed by atoms with van der Waals surface area (Å²) in [4.78, 5) is 66.8. The quantitative estimate of drug-likeness (QED) is 0.0352. The van der Waals surface area contributed by atoms with E-state index in [1.807, 2.05) is 0 Å². The van der Waals surface area contributed by atoms with Crippen molar-refractivity contribution in [1.29, 1.82) is 0 Å². The highest BCUT2D eigenvalue weighted by molar-refractivity contribution is 6.53. The summed E-state index contributed by atoms with van der Waals surface area (Å²) in [5.74, 6) is -3.00. The molecule has 1 aliphatic heterocycles. The van der Waals surface area contributed by atoms with E-state index in [0.717, 1.165) is 25.7 Å². The van der Waals surface area contributed by atoms with Gasteiger partial charge in [0.25, 0.3) is 16.8 Å². The highest BCUT2D eigenvalue weighted by atomic mass is 35.5. The molecule has 0 bridgehead atoms. The number of methoxy groups -OCH3 is 1. The van der Waals surface area contributed by atoms with Crippen LogP contribution < -0.4 is 15.0 Å². The number of nitrogens with one attached hydrogen (secondary N) is 1. The molecular formula is C35H44ClN3O7. The molecule has 0 radical (unpaired) electrons. The number of Topliss-reactive ketones (excluding diaryl/α,β-unsaturated/α-hetero) is 1. The van der Waals surface area contributed by atoms with Crippen molar-refractivity contribution < 1.29 is 33.4 Å². The molecular weight excluding hydrogens is 610 g/mol. The number of imide groups is 2. The van der Waals surface area contributed by atoms with Crippen LogP contribution in [0.3, 0.4) is 0 Å². The van der Waals surface area contributed by atoms with Crippen molar-refractivity contribution in [3.05, 3.63) is 71.4 Å². The first-order valence-electron chi connectivity index (χ1n) is 15.8. The lowest BCUT2D eigenvalue weighted by Gasteiger charge is -2.34. The second kappa shape index (κ2) is 17.5. The van der Waals surface area contributed by atoms with Gasteiger partial charge in [-0.3, -0.25) is 14.4 Å². The Kier molecular flexibility index (Phi) is 13.8. The average molecular weight is 654 g/mol. The molecule has 0 aromatic heterocycles. The molecule has 248 valence electrons. The number of nitrogens with zero attached hydrogens (tertiary/aromatic N) is 2. The summed E-state index contributed by atoms with van der Waals surface area (Å²) >= 11 is 6.92. The van der Waals surface area contributed by atoms with Crippen LogP contribution in [0.25, 0.3) is 0 Å². The lowest BCUT2D eigenvalue weighted by Crippen LogP contribution is -2.64. The van der Waals surface area contributed by atoms with Crippen molar-refractivity contribution in [3.8, 4) is 5.75 Å². The normalized spacial score (nSPS) is 14.0. The summed E-state index contributed by atoms with van der Waals surface area (Å²) in [5.41, 5.74) is 0.255. The second-order valence-electron chi connectivity index (χ2n) is 11.4. The molecule has 1 atom stereocenters. The number of para-hydroxylation sites is 1. The minimum absolute atomic E-state index is 0.0265. The first-order chi connectivity index (χ1) is 22.1. The van der Waals surface area contributed by atoms with Crippen LogP contribution in [0.5, 0.6) is 5.75 Å². The predicted octanol–water partition coefficient (Wildman–Crippen LogP) is 7.75. The van der Waals surface area contributed by atoms with Crippen LogP contribution in [-0.2, 0) is 14.3 Å². The zero-order valence-corrected chi connectivity index (χ0v) is 27.9. The third-order valence-electron chi connectivity index (χ3n) is 7.72. The van der Waals surface area contributed by atoms with E-state index in [1.165, 1.54) is 75.6 Å². The molecule has 46 heavy (non-hydrogen) atoms. The van der Waals surface area contributed by atoms with E-state index >= 15 is 0 Å². The fourth-order valence-corrected chi connectivity index (χ4v) is 5.46. The fourth-order valence-electron chi connectivity index (χ4n) is 5.11. The molecule has 1 N–H and O–H groups in total. The number of hydrogen-bond donors (Lipinski definition) is 1. The van der Waals surface area contributed by atoms with Crippen LogP contribution in [-0.4, -0.2) is 53.3 Å². The zero-order valence-electron chi connectivity index (χ0n) is 27.1. The Bertz CT molecular complexity index is 1410. The highest BCUT2D eigenvalue weighted by Gasteiger charge is 2.60. The van der Waals surface area contributed by atoms with E-state index in [0.29, 0.717) is 27.5 Å². The molecule has 5 amide bonds. The van der Waals surface area contributed by atoms with Crippen LogP contribution in [0.2, 0.25) is 0 Å². The Morgan fingerprint density at radius 2 is 1.41 bits per heavy atom. The number of rotatable bonds is 17. The predicted molar refractivity (Wildman–Crippen MR) is 177 cm³/mol. The summed E-state index contributed by atoms with van der Waals surface area (Å²) in [5, 5.41) is 2.40. The lowest BCUT2D eigenvalue weighted by atomic mass is 10.00. The van der Waals surface area contributed by atoms with Gasteiger partial charge in [0, 0.05) is 5.56 Å². The summed E-state index contributed by atoms with van der Waals surface area (Å²) in [6.45, 7) is 5.39. The van der Waals surface area contributed by atoms with Gasteiger partial charge in [0.1, 0.15) is 11.4 Å². The standard InChI is InChI=1S/C35H44ClN3O7/c1-5-6-7-8-9-10-11-12-13-17-24-46-34(44)38(27-18-15-14-16-19-27)32(42)35(36,30(40)26-20-22-28(45-4)23-21-26)39-31(41)29(25(2)3)37-33(39)43/h14-16,18-23H,5-13,17,24H2,1-4H3,(H,37,43). The van der Waals surface area contributed by atoms with E-state index < -0.39 is 34.7 Å². The summed E-state index contributed by atoms with van der Waals surface area (Å²) in [7, 11) is 1.44. The van der Waals surface area contributed by atoms with Crippen LogP contribution in [0.1, 0.15) is 95.3 Å². The fraction of sp³-hybridized carbons (Fsp3) is 0.457. The van der Waals surface area contributed by atoms with Gasteiger partial charge in [-0.2, -0.15) is 0 Å². The molecule has 0 spiro atoms. The molecule has 0 saturated carbocycles. The van der Waals surface area contributed by atoms with Crippen LogP contribution >= 0.6 is 11.6 Å². The third kappa shape index (κ3) is 8.75. The largest absolute Gasteiger partial charge is 0.497 e. The van der Waals surface area contributed by atoms with Crippen molar-refractivity contribution in [2.75, 3.05) is 18.6 Å². The first kappa shape index (κ1) is 36.3. The van der Waals surface area contributed by atoms with Crippen molar-refractivity contribution in [2.45, 2.75) is 90.0 Å². The van der Waals surface area contributed by atoms with Crippen LogP contribution in [0, 0.1) is 0 Å². The van der Waals surface area contributed by atoms with Gasteiger partial charge in [0.05, 0.1) is 19.4 Å². The number of urea groups is 1. The molecule has 1 aliphatic rings. The minimum Gasteiger partial charge on any atom is -0.497 e. The summed E-state index contributed by atoms with van der Waals surface area (Å²) in [6, 6.07) is 12.3. The van der Waals surface area contributed by atoms with Gasteiger partial charge >= 0.3 is 12.1 Å². The Morgan fingerprint density at radius 3 is 1.93 bits per heavy atom. The Labute approximate surface area is 276 Å². The van der Waals surface area contributed by atoms with Crippen molar-refractivity contribution in [2.24, 2.45) is 0 Å². The number of carbonyl (C=O) groups is 5. The van der Waals surface area contributed by atoms with Crippen molar-refractivity contribution in [3.63, 3.8) is 0 Å². The zero-order chi connectivity index (χ0) is 33.7. The van der Waals surface area contributed by atoms with Gasteiger partial charge in [-0.05, 0) is 62.2 Å². The van der Waals surface area contributed by atoms with Gasteiger partial charge in [-0.25, -0.2) is 19.4 Å². The third-order valence-corrected chi connectivity index (χ3v) is 8.22. The molecule has 1 unspecified atom stereocenters. The van der Waals surface area contributed by atoms with E-state index in [9.17, 15) is 24.0 Å². The molecule has 1 fully saturated rings. The molecule has 1 heterocycles. The van der Waals surface area contributed by atoms with Crippen molar-refractivity contribution >= 4 is 47.0 Å². The number of halogens is 1. The van der Waals surface area contributed by atoms with Crippen LogP contribution in [0.15, 0.2) is 65.9 Å². The maximum Gasteiger partial charge on any atom is 0.421 e. The Morgan fingerprint density at radius 1 is 0.848 bits per heavy atom. The molecule has 0 aliphatic carbocycles. The SMILES string of the molecule is CCCCCCCCCCCCOC(=O)N(C(=O)C(Cl)(C(=O)c1ccc(OC)cc1)N1C(=O)NC(=C(C)C)C1=O)c1ccccc1. The summed E-state index contributed by atoms with van der Waals surface area (Å²) in [6.07, 6.45) is 9.80. The topological polar surface area (TPSA) is 122 Å². The number of hydrogen-bond acceptors (Lipinski definition) is 7. The number of ether oxygens (including phenoxy) is 2. The second-order valence-corrected chi connectivity index (χ2v) is 11.9. The van der Waals surface area contributed by atoms with Crippen molar-refractivity contribution in [1.82, 2.24) is 10.2 Å². The molecule has 11 heteroatoms. The number of carbonyl (C=O) groups excluding carboxylic acids is 5. The minimum atomic E-state index is -2.99. The lowest BCUT2D eigenvalue weighted by molar-refractivity contribution is -0.132. The number of anilines is 1. The van der Waals surface area contributed by atoms with E-state index in [1.54, 1.807) is 32.0 Å². The number of amides is 5. The number of benzene rings is 2. The van der Waals surface area contributed by atoms with E-state index in [2.05, 4.69) is 12.2 Å². The van der Waals surface area contributed by atoms with E-state index in [-0.39, 0.29) is 23.6 Å². The van der Waals surface area contributed by atoms with Gasteiger partial charge in [0.15, 0.2) is 0 Å². The molecule has 2 aromatic rings. The number of ketones is 1. The number of allylic oxidation sites excluding steroid dienone is 1. The number of alkyl halides is 1. The van der Waals surface area contributed by atoms with Crippen LogP contribution in [0.4, 0.5) is 15.3 Å². The maximum absolute atomic E-state index is 14.5. The summed E-state index contributed by atoms with van der Waals surface area (Å²) < 4.78 is 10.7. The average Bonchev–Trinajstić information content (AvgIpc) is 3.37. The molecule has 2 aromatic carbocycles.